The van der Waals surface area contributed by atoms with Gasteiger partial charge in [-0.05, 0) is 33.6 Å². The van der Waals surface area contributed by atoms with Crippen LogP contribution in [-0.4, -0.2) is 46.7 Å². The van der Waals surface area contributed by atoms with Gasteiger partial charge >= 0.3 is 5.97 Å². The number of oxime groups is 1. The van der Waals surface area contributed by atoms with E-state index in [0.29, 0.717) is 36.7 Å². The Kier molecular flexibility index (Phi) is 6.20. The maximum absolute atomic E-state index is 12.6. The van der Waals surface area contributed by atoms with E-state index in [0.717, 1.165) is 23.5 Å². The van der Waals surface area contributed by atoms with Crippen LogP contribution in [0.3, 0.4) is 0 Å². The van der Waals surface area contributed by atoms with Gasteiger partial charge in [0.05, 0.1) is 16.1 Å². The summed E-state index contributed by atoms with van der Waals surface area (Å²) in [4.78, 5) is 40.4. The van der Waals surface area contributed by atoms with Gasteiger partial charge in [-0.1, -0.05) is 35.5 Å². The second kappa shape index (κ2) is 8.88. The number of carbonyl (C=O) groups is 2. The fraction of sp³-hybridized carbons (Fsp3) is 0.478. The minimum atomic E-state index is -0.594. The summed E-state index contributed by atoms with van der Waals surface area (Å²) in [6.45, 7) is 6.95. The summed E-state index contributed by atoms with van der Waals surface area (Å²) in [6.07, 6.45) is 1.59. The van der Waals surface area contributed by atoms with Gasteiger partial charge in [0.1, 0.15) is 5.71 Å². The second-order valence-electron chi connectivity index (χ2n) is 8.97. The molecule has 8 heteroatoms. The lowest BCUT2D eigenvalue weighted by atomic mass is 9.97. The fourth-order valence-electron chi connectivity index (χ4n) is 3.51. The van der Waals surface area contributed by atoms with Crippen LogP contribution < -0.4 is 0 Å². The molecular formula is C23H27N3O4S. The highest BCUT2D eigenvalue weighted by Crippen LogP contribution is 2.32. The summed E-state index contributed by atoms with van der Waals surface area (Å²) in [6, 6.07) is 9.13. The maximum Gasteiger partial charge on any atom is 0.330 e. The number of ketones is 1. The van der Waals surface area contributed by atoms with E-state index in [-0.39, 0.29) is 11.8 Å². The number of carbonyl (C=O) groups excluding carboxylic acids is 2. The third-order valence-corrected chi connectivity index (χ3v) is 6.47. The molecule has 0 amide bonds. The van der Waals surface area contributed by atoms with Crippen molar-refractivity contribution in [2.45, 2.75) is 52.1 Å². The maximum atomic E-state index is 12.6. The Balaban J connectivity index is 1.31. The van der Waals surface area contributed by atoms with E-state index >= 15 is 0 Å². The standard InChI is InChI=1S/C23H27N3O4S/c1-23(2,3)22(28)30-26-11-9-16(10-12-26)21-24-18(14-31-21)17-13-19(29-25-17)20(27)15-7-5-4-6-8-15/h4-8,14,16,19H,9-13H2,1-3H3. The molecule has 2 aromatic rings. The van der Waals surface area contributed by atoms with E-state index in [4.69, 9.17) is 14.7 Å². The smallest absolute Gasteiger partial charge is 0.330 e. The number of thiazole rings is 1. The van der Waals surface area contributed by atoms with Gasteiger partial charge in [-0.2, -0.15) is 0 Å². The third-order valence-electron chi connectivity index (χ3n) is 5.46. The Morgan fingerprint density at radius 2 is 1.87 bits per heavy atom. The molecule has 1 fully saturated rings. The Morgan fingerprint density at radius 1 is 1.16 bits per heavy atom. The van der Waals surface area contributed by atoms with Crippen molar-refractivity contribution in [2.24, 2.45) is 10.6 Å². The quantitative estimate of drug-likeness (QED) is 0.647. The molecule has 1 aromatic carbocycles. The summed E-state index contributed by atoms with van der Waals surface area (Å²) in [5.41, 5.74) is 1.62. The molecule has 0 spiro atoms. The molecule has 3 heterocycles. The summed E-state index contributed by atoms with van der Waals surface area (Å²) < 4.78 is 0. The highest BCUT2D eigenvalue weighted by atomic mass is 32.1. The topological polar surface area (TPSA) is 81.1 Å². The summed E-state index contributed by atoms with van der Waals surface area (Å²) >= 11 is 1.61. The van der Waals surface area contributed by atoms with Crippen LogP contribution in [0.15, 0.2) is 40.9 Å². The number of nitrogens with zero attached hydrogens (tertiary/aromatic N) is 3. The monoisotopic (exact) mass is 441 g/mol. The average Bonchev–Trinajstić information content (AvgIpc) is 3.43. The van der Waals surface area contributed by atoms with Gasteiger partial charge in [-0.25, -0.2) is 9.78 Å². The number of rotatable bonds is 5. The number of benzene rings is 1. The van der Waals surface area contributed by atoms with E-state index in [1.165, 1.54) is 0 Å². The molecule has 1 saturated heterocycles. The minimum Gasteiger partial charge on any atom is -0.383 e. The van der Waals surface area contributed by atoms with Gasteiger partial charge < -0.3 is 9.68 Å². The van der Waals surface area contributed by atoms with Gasteiger partial charge in [-0.3, -0.25) is 4.79 Å². The Morgan fingerprint density at radius 3 is 2.55 bits per heavy atom. The third kappa shape index (κ3) is 5.02. The van der Waals surface area contributed by atoms with Crippen molar-refractivity contribution in [1.29, 1.82) is 0 Å². The van der Waals surface area contributed by atoms with Crippen molar-refractivity contribution in [3.05, 3.63) is 52.0 Å². The molecule has 31 heavy (non-hydrogen) atoms. The molecule has 0 radical (unpaired) electrons. The Hall–Kier alpha value is -2.58. The first-order valence-electron chi connectivity index (χ1n) is 10.6. The van der Waals surface area contributed by atoms with Crippen LogP contribution in [0, 0.1) is 5.41 Å². The van der Waals surface area contributed by atoms with Crippen molar-refractivity contribution in [1.82, 2.24) is 10.0 Å². The fourth-order valence-corrected chi connectivity index (χ4v) is 4.51. The zero-order valence-corrected chi connectivity index (χ0v) is 18.9. The SMILES string of the molecule is CC(C)(C)C(=O)ON1CCC(c2nc(C3=NOC(C(=O)c4ccccc4)C3)cs2)CC1. The molecule has 164 valence electrons. The Bertz CT molecular complexity index is 972. The summed E-state index contributed by atoms with van der Waals surface area (Å²) in [5, 5.41) is 8.93. The number of Topliss-reactive ketones (excluding diaryl/α,β-unsaturated/α-hetero) is 1. The molecule has 1 atom stereocenters. The molecule has 0 bridgehead atoms. The van der Waals surface area contributed by atoms with E-state index in [1.807, 2.05) is 44.4 Å². The second-order valence-corrected chi connectivity index (χ2v) is 9.86. The zero-order chi connectivity index (χ0) is 22.0. The highest BCUT2D eigenvalue weighted by Gasteiger charge is 2.32. The lowest BCUT2D eigenvalue weighted by Gasteiger charge is -2.31. The number of hydroxylamine groups is 2. The van der Waals surface area contributed by atoms with Crippen molar-refractivity contribution in [3.8, 4) is 0 Å². The molecule has 0 saturated carbocycles. The van der Waals surface area contributed by atoms with Crippen LogP contribution in [0.25, 0.3) is 0 Å². The molecule has 0 aliphatic carbocycles. The van der Waals surface area contributed by atoms with Crippen molar-refractivity contribution >= 4 is 28.8 Å². The van der Waals surface area contributed by atoms with Crippen LogP contribution >= 0.6 is 11.3 Å². The van der Waals surface area contributed by atoms with Crippen LogP contribution in [0.2, 0.25) is 0 Å². The Labute approximate surface area is 186 Å². The van der Waals surface area contributed by atoms with E-state index in [9.17, 15) is 9.59 Å². The van der Waals surface area contributed by atoms with Crippen LogP contribution in [-0.2, 0) is 14.5 Å². The lowest BCUT2D eigenvalue weighted by molar-refractivity contribution is -0.204. The zero-order valence-electron chi connectivity index (χ0n) is 18.0. The first-order valence-corrected chi connectivity index (χ1v) is 11.4. The normalized spacial score (nSPS) is 20.2. The van der Waals surface area contributed by atoms with E-state index in [2.05, 4.69) is 5.16 Å². The average molecular weight is 442 g/mol. The van der Waals surface area contributed by atoms with Gasteiger partial charge in [0.15, 0.2) is 6.10 Å². The first-order chi connectivity index (χ1) is 14.8. The van der Waals surface area contributed by atoms with Crippen molar-refractivity contribution in [2.75, 3.05) is 13.1 Å². The largest absolute Gasteiger partial charge is 0.383 e. The lowest BCUT2D eigenvalue weighted by Crippen LogP contribution is -2.38. The van der Waals surface area contributed by atoms with Gasteiger partial charge in [0, 0.05) is 36.4 Å². The summed E-state index contributed by atoms with van der Waals surface area (Å²) in [5.74, 6) is 0.0568. The molecule has 2 aliphatic heterocycles. The summed E-state index contributed by atoms with van der Waals surface area (Å²) in [7, 11) is 0. The molecule has 7 nitrogen and oxygen atoms in total. The van der Waals surface area contributed by atoms with Crippen molar-refractivity contribution in [3.63, 3.8) is 0 Å². The predicted molar refractivity (Wildman–Crippen MR) is 118 cm³/mol. The first kappa shape index (κ1) is 21.6. The van der Waals surface area contributed by atoms with E-state index in [1.54, 1.807) is 28.5 Å². The number of aromatic nitrogens is 1. The number of hydrogen-bond donors (Lipinski definition) is 0. The molecule has 1 unspecified atom stereocenters. The highest BCUT2D eigenvalue weighted by molar-refractivity contribution is 7.10. The molecule has 1 aromatic heterocycles. The number of piperidine rings is 1. The van der Waals surface area contributed by atoms with Crippen LogP contribution in [0.1, 0.15) is 67.0 Å². The minimum absolute atomic E-state index is 0.0630. The molecular weight excluding hydrogens is 414 g/mol. The number of hydrogen-bond acceptors (Lipinski definition) is 8. The molecule has 0 N–H and O–H groups in total. The van der Waals surface area contributed by atoms with Gasteiger partial charge in [0.2, 0.25) is 5.78 Å². The molecule has 2 aliphatic rings. The molecule has 4 rings (SSSR count). The van der Waals surface area contributed by atoms with Crippen molar-refractivity contribution < 1.29 is 19.3 Å². The van der Waals surface area contributed by atoms with Crippen LogP contribution in [0.5, 0.6) is 0 Å². The van der Waals surface area contributed by atoms with E-state index < -0.39 is 11.5 Å². The van der Waals surface area contributed by atoms with Gasteiger partial charge in [-0.15, -0.1) is 16.4 Å². The predicted octanol–water partition coefficient (Wildman–Crippen LogP) is 4.20. The van der Waals surface area contributed by atoms with Crippen LogP contribution in [0.4, 0.5) is 0 Å². The van der Waals surface area contributed by atoms with Gasteiger partial charge in [0.25, 0.3) is 0 Å².